The second-order valence-corrected chi connectivity index (χ2v) is 11.7. The van der Waals surface area contributed by atoms with E-state index in [-0.39, 0.29) is 37.3 Å². The predicted octanol–water partition coefficient (Wildman–Crippen LogP) is 6.19. The molecule has 4 heterocycles. The van der Waals surface area contributed by atoms with Gasteiger partial charge in [-0.25, -0.2) is 18.2 Å². The summed E-state index contributed by atoms with van der Waals surface area (Å²) < 4.78 is 83.8. The lowest BCUT2D eigenvalue weighted by Crippen LogP contribution is -2.62. The van der Waals surface area contributed by atoms with Crippen LogP contribution in [0.5, 0.6) is 0 Å². The highest BCUT2D eigenvalue weighted by molar-refractivity contribution is 6.30. The van der Waals surface area contributed by atoms with Gasteiger partial charge in [-0.1, -0.05) is 11.6 Å². The standard InChI is InChI=1S/C26H23ClF6N6/c27-16-1-3-18-14(7-16)10-38(25(5-6-25)26(31,32)33)11-20-35-36-23(39(18)20)15-8-24(9-15)12-37(13-24)19-4-2-17(28)21(34-19)22(29)30/h1-4,7,15,22H,5-6,8-13H2. The minimum atomic E-state index is -4.35. The molecule has 3 fully saturated rings. The summed E-state index contributed by atoms with van der Waals surface area (Å²) >= 11 is 6.25. The molecule has 1 spiro atoms. The van der Waals surface area contributed by atoms with Gasteiger partial charge < -0.3 is 4.90 Å². The molecule has 206 valence electrons. The molecule has 6 nitrogen and oxygen atoms in total. The quantitative estimate of drug-likeness (QED) is 0.352. The van der Waals surface area contributed by atoms with E-state index in [0.29, 0.717) is 41.1 Å². The molecule has 0 atom stereocenters. The molecule has 2 aromatic heterocycles. The number of hydrogen-bond acceptors (Lipinski definition) is 5. The van der Waals surface area contributed by atoms with E-state index in [1.165, 1.54) is 11.0 Å². The Balaban J connectivity index is 1.13. The summed E-state index contributed by atoms with van der Waals surface area (Å²) in [6, 6.07) is 7.66. The van der Waals surface area contributed by atoms with Crippen LogP contribution < -0.4 is 4.90 Å². The fourth-order valence-electron chi connectivity index (χ4n) is 6.62. The number of nitrogens with zero attached hydrogens (tertiary/aromatic N) is 6. The molecule has 0 N–H and O–H groups in total. The number of rotatable bonds is 4. The first-order valence-corrected chi connectivity index (χ1v) is 13.1. The first-order chi connectivity index (χ1) is 18.5. The van der Waals surface area contributed by atoms with Crippen LogP contribution in [0.2, 0.25) is 5.02 Å². The fourth-order valence-corrected chi connectivity index (χ4v) is 6.81. The lowest BCUT2D eigenvalue weighted by molar-refractivity contribution is -0.200. The predicted molar refractivity (Wildman–Crippen MR) is 129 cm³/mol. The lowest BCUT2D eigenvalue weighted by atomic mass is 9.57. The highest BCUT2D eigenvalue weighted by Crippen LogP contribution is 2.58. The van der Waals surface area contributed by atoms with Gasteiger partial charge in [0.05, 0.1) is 12.2 Å². The molecule has 4 aliphatic rings. The Morgan fingerprint density at radius 2 is 1.74 bits per heavy atom. The molecule has 7 rings (SSSR count). The molecule has 0 bridgehead atoms. The van der Waals surface area contributed by atoms with Crippen LogP contribution in [0.3, 0.4) is 0 Å². The molecule has 0 radical (unpaired) electrons. The average Bonchev–Trinajstić information content (AvgIpc) is 3.57. The largest absolute Gasteiger partial charge is 0.406 e. The fraction of sp³-hybridized carbons (Fsp3) is 0.500. The summed E-state index contributed by atoms with van der Waals surface area (Å²) in [4.78, 5) is 7.12. The van der Waals surface area contributed by atoms with E-state index in [1.807, 2.05) is 15.5 Å². The van der Waals surface area contributed by atoms with Crippen molar-refractivity contribution in [1.82, 2.24) is 24.6 Å². The van der Waals surface area contributed by atoms with E-state index < -0.39 is 29.7 Å². The first kappa shape index (κ1) is 25.1. The van der Waals surface area contributed by atoms with Gasteiger partial charge in [0.2, 0.25) is 0 Å². The molecule has 13 heteroatoms. The number of benzene rings is 1. The second kappa shape index (κ2) is 8.33. The number of alkyl halides is 5. The molecule has 39 heavy (non-hydrogen) atoms. The van der Waals surface area contributed by atoms with E-state index in [9.17, 15) is 26.3 Å². The van der Waals surface area contributed by atoms with Crippen LogP contribution in [-0.2, 0) is 13.1 Å². The van der Waals surface area contributed by atoms with Crippen molar-refractivity contribution in [2.45, 2.75) is 62.8 Å². The Bertz CT molecular complexity index is 1450. The maximum Gasteiger partial charge on any atom is 0.406 e. The Kier molecular flexibility index (Phi) is 5.36. The average molecular weight is 569 g/mol. The van der Waals surface area contributed by atoms with Crippen molar-refractivity contribution in [2.24, 2.45) is 5.41 Å². The number of hydrogen-bond donors (Lipinski definition) is 0. The molecule has 2 aliphatic heterocycles. The van der Waals surface area contributed by atoms with Gasteiger partial charge in [-0.3, -0.25) is 9.47 Å². The summed E-state index contributed by atoms with van der Waals surface area (Å²) in [7, 11) is 0. The number of halogens is 7. The molecule has 0 unspecified atom stereocenters. The summed E-state index contributed by atoms with van der Waals surface area (Å²) in [5.74, 6) is 0.507. The van der Waals surface area contributed by atoms with Crippen LogP contribution in [0.1, 0.15) is 60.9 Å². The molecule has 2 aliphatic carbocycles. The Hall–Kier alpha value is -2.86. The Morgan fingerprint density at radius 3 is 2.41 bits per heavy atom. The third-order valence-corrected chi connectivity index (χ3v) is 8.99. The zero-order chi connectivity index (χ0) is 27.3. The monoisotopic (exact) mass is 568 g/mol. The number of anilines is 1. The highest BCUT2D eigenvalue weighted by Gasteiger charge is 2.67. The van der Waals surface area contributed by atoms with Crippen LogP contribution in [0.4, 0.5) is 32.2 Å². The number of fused-ring (bicyclic) bond motifs is 3. The summed E-state index contributed by atoms with van der Waals surface area (Å²) in [6.45, 7) is 1.32. The van der Waals surface area contributed by atoms with Crippen LogP contribution >= 0.6 is 11.6 Å². The van der Waals surface area contributed by atoms with E-state index in [1.54, 1.807) is 12.1 Å². The van der Waals surface area contributed by atoms with Crippen molar-refractivity contribution in [3.8, 4) is 5.69 Å². The van der Waals surface area contributed by atoms with Gasteiger partial charge in [0.25, 0.3) is 6.43 Å². The SMILES string of the molecule is Fc1ccc(N2CC3(CC(c4nnc5n4-c4ccc(Cl)cc4CN(C4(C(F)(F)F)CC4)C5)C3)C2)nc1C(F)F. The Morgan fingerprint density at radius 1 is 1.00 bits per heavy atom. The molecule has 2 saturated carbocycles. The van der Waals surface area contributed by atoms with Crippen LogP contribution in [0.15, 0.2) is 30.3 Å². The molecular weight excluding hydrogens is 546 g/mol. The topological polar surface area (TPSA) is 50.1 Å². The second-order valence-electron chi connectivity index (χ2n) is 11.3. The van der Waals surface area contributed by atoms with Crippen LogP contribution in [0, 0.1) is 11.2 Å². The van der Waals surface area contributed by atoms with E-state index >= 15 is 0 Å². The molecule has 1 aromatic carbocycles. The zero-order valence-electron chi connectivity index (χ0n) is 20.5. The smallest absolute Gasteiger partial charge is 0.355 e. The molecular formula is C26H23ClF6N6. The molecule has 3 aromatic rings. The first-order valence-electron chi connectivity index (χ1n) is 12.7. The van der Waals surface area contributed by atoms with E-state index in [2.05, 4.69) is 15.2 Å². The van der Waals surface area contributed by atoms with Crippen molar-refractivity contribution in [2.75, 3.05) is 18.0 Å². The van der Waals surface area contributed by atoms with E-state index in [4.69, 9.17) is 11.6 Å². The number of pyridine rings is 1. The van der Waals surface area contributed by atoms with Crippen molar-refractivity contribution in [3.63, 3.8) is 0 Å². The van der Waals surface area contributed by atoms with Gasteiger partial charge in [-0.05, 0) is 61.6 Å². The molecule has 0 amide bonds. The van der Waals surface area contributed by atoms with Gasteiger partial charge in [0, 0.05) is 36.0 Å². The third kappa shape index (κ3) is 3.85. The highest BCUT2D eigenvalue weighted by atomic mass is 35.5. The zero-order valence-corrected chi connectivity index (χ0v) is 21.3. The normalized spacial score (nSPS) is 21.8. The maximum atomic E-state index is 14.0. The summed E-state index contributed by atoms with van der Waals surface area (Å²) in [6.07, 6.45) is -5.70. The van der Waals surface area contributed by atoms with Gasteiger partial charge in [-0.2, -0.15) is 13.2 Å². The molecule has 1 saturated heterocycles. The minimum absolute atomic E-state index is 0.0210. The lowest BCUT2D eigenvalue weighted by Gasteiger charge is -2.59. The third-order valence-electron chi connectivity index (χ3n) is 8.75. The van der Waals surface area contributed by atoms with Crippen molar-refractivity contribution in [1.29, 1.82) is 0 Å². The Labute approximate surface area is 224 Å². The van der Waals surface area contributed by atoms with Crippen LogP contribution in [-0.4, -0.2) is 49.5 Å². The van der Waals surface area contributed by atoms with Crippen LogP contribution in [0.25, 0.3) is 5.69 Å². The summed E-state index contributed by atoms with van der Waals surface area (Å²) in [5.41, 5.74) is -1.33. The van der Waals surface area contributed by atoms with Crippen molar-refractivity contribution < 1.29 is 26.3 Å². The van der Waals surface area contributed by atoms with Crippen molar-refractivity contribution >= 4 is 17.4 Å². The number of aromatic nitrogens is 4. The summed E-state index contributed by atoms with van der Waals surface area (Å²) in [5, 5.41) is 9.24. The van der Waals surface area contributed by atoms with Crippen molar-refractivity contribution in [3.05, 3.63) is 64.1 Å². The van der Waals surface area contributed by atoms with E-state index in [0.717, 1.165) is 24.6 Å². The minimum Gasteiger partial charge on any atom is -0.355 e. The van der Waals surface area contributed by atoms with Gasteiger partial charge in [0.15, 0.2) is 11.6 Å². The van der Waals surface area contributed by atoms with Gasteiger partial charge >= 0.3 is 6.18 Å². The maximum absolute atomic E-state index is 14.0. The van der Waals surface area contributed by atoms with Gasteiger partial charge in [-0.15, -0.1) is 10.2 Å². The van der Waals surface area contributed by atoms with Gasteiger partial charge in [0.1, 0.15) is 22.9 Å².